The van der Waals surface area contributed by atoms with Crippen LogP contribution in [0.25, 0.3) is 0 Å². The van der Waals surface area contributed by atoms with Gasteiger partial charge in [-0.25, -0.2) is 9.97 Å². The molecule has 0 amide bonds. The summed E-state index contributed by atoms with van der Waals surface area (Å²) in [6.07, 6.45) is 3.47. The van der Waals surface area contributed by atoms with Crippen LogP contribution in [0.15, 0.2) is 46.7 Å². The molecule has 15 heavy (non-hydrogen) atoms. The maximum Gasteiger partial charge on any atom is 0.192 e. The molecule has 2 aromatic rings. The standard InChI is InChI=1S/C11H11N3S/c1-8-3-4-9(12)7-10(8)15-11-13-5-2-6-14-11/h2-7H,12H2,1H3. The SMILES string of the molecule is Cc1ccc(N)cc1Sc1ncccn1. The van der Waals surface area contributed by atoms with Gasteiger partial charge in [0.25, 0.3) is 0 Å². The number of rotatable bonds is 2. The minimum atomic E-state index is 0.742. The van der Waals surface area contributed by atoms with Crippen molar-refractivity contribution in [2.45, 2.75) is 17.0 Å². The number of anilines is 1. The van der Waals surface area contributed by atoms with Gasteiger partial charge in [0, 0.05) is 23.0 Å². The molecule has 3 nitrogen and oxygen atoms in total. The molecule has 0 aliphatic carbocycles. The molecule has 0 spiro atoms. The number of hydrogen-bond acceptors (Lipinski definition) is 4. The Morgan fingerprint density at radius 2 is 1.93 bits per heavy atom. The van der Waals surface area contributed by atoms with Crippen LogP contribution in [0.5, 0.6) is 0 Å². The molecule has 0 unspecified atom stereocenters. The zero-order valence-electron chi connectivity index (χ0n) is 8.34. The summed E-state index contributed by atoms with van der Waals surface area (Å²) in [6.45, 7) is 2.05. The molecule has 2 rings (SSSR count). The van der Waals surface area contributed by atoms with Crippen molar-refractivity contribution in [3.8, 4) is 0 Å². The van der Waals surface area contributed by atoms with E-state index in [1.54, 1.807) is 18.5 Å². The van der Waals surface area contributed by atoms with E-state index >= 15 is 0 Å². The van der Waals surface area contributed by atoms with Gasteiger partial charge in [0.05, 0.1) is 0 Å². The van der Waals surface area contributed by atoms with Crippen LogP contribution in [-0.2, 0) is 0 Å². The van der Waals surface area contributed by atoms with Crippen LogP contribution < -0.4 is 5.73 Å². The third-order valence-corrected chi connectivity index (χ3v) is 3.01. The minimum Gasteiger partial charge on any atom is -0.399 e. The molecular weight excluding hydrogens is 206 g/mol. The van der Waals surface area contributed by atoms with Crippen molar-refractivity contribution >= 4 is 17.4 Å². The van der Waals surface area contributed by atoms with Crippen molar-refractivity contribution in [3.63, 3.8) is 0 Å². The van der Waals surface area contributed by atoms with Gasteiger partial charge in [-0.3, -0.25) is 0 Å². The third-order valence-electron chi connectivity index (χ3n) is 1.96. The quantitative estimate of drug-likeness (QED) is 0.620. The molecule has 1 heterocycles. The predicted octanol–water partition coefficient (Wildman–Crippen LogP) is 2.52. The average molecular weight is 217 g/mol. The normalized spacial score (nSPS) is 10.2. The van der Waals surface area contributed by atoms with Crippen LogP contribution >= 0.6 is 11.8 Å². The van der Waals surface area contributed by atoms with E-state index in [-0.39, 0.29) is 0 Å². The van der Waals surface area contributed by atoms with E-state index in [1.165, 1.54) is 17.3 Å². The first-order valence-corrected chi connectivity index (χ1v) is 5.38. The van der Waals surface area contributed by atoms with Gasteiger partial charge in [0.2, 0.25) is 0 Å². The fourth-order valence-corrected chi connectivity index (χ4v) is 2.01. The van der Waals surface area contributed by atoms with Gasteiger partial charge >= 0.3 is 0 Å². The van der Waals surface area contributed by atoms with E-state index in [0.717, 1.165) is 15.7 Å². The van der Waals surface area contributed by atoms with Gasteiger partial charge in [-0.15, -0.1) is 0 Å². The van der Waals surface area contributed by atoms with Gasteiger partial charge in [-0.05, 0) is 42.4 Å². The second-order valence-electron chi connectivity index (χ2n) is 3.16. The van der Waals surface area contributed by atoms with Gasteiger partial charge in [-0.1, -0.05) is 6.07 Å². The van der Waals surface area contributed by atoms with Crippen LogP contribution in [0, 0.1) is 6.92 Å². The molecule has 0 fully saturated rings. The lowest BCUT2D eigenvalue weighted by molar-refractivity contribution is 0.966. The predicted molar refractivity (Wildman–Crippen MR) is 61.7 cm³/mol. The highest BCUT2D eigenvalue weighted by Crippen LogP contribution is 2.28. The lowest BCUT2D eigenvalue weighted by atomic mass is 10.2. The molecule has 0 aliphatic heterocycles. The second-order valence-corrected chi connectivity index (χ2v) is 4.17. The molecule has 0 atom stereocenters. The molecule has 4 heteroatoms. The van der Waals surface area contributed by atoms with E-state index in [4.69, 9.17) is 5.73 Å². The molecule has 0 saturated carbocycles. The zero-order valence-corrected chi connectivity index (χ0v) is 9.16. The summed E-state index contributed by atoms with van der Waals surface area (Å²) in [5.74, 6) is 0. The monoisotopic (exact) mass is 217 g/mol. The first kappa shape index (κ1) is 9.98. The lowest BCUT2D eigenvalue weighted by Crippen LogP contribution is -1.89. The number of aromatic nitrogens is 2. The van der Waals surface area contributed by atoms with Crippen LogP contribution in [0.4, 0.5) is 5.69 Å². The van der Waals surface area contributed by atoms with E-state index in [1.807, 2.05) is 25.1 Å². The summed E-state index contributed by atoms with van der Waals surface area (Å²) in [4.78, 5) is 9.41. The summed E-state index contributed by atoms with van der Waals surface area (Å²) in [7, 11) is 0. The molecule has 0 radical (unpaired) electrons. The second kappa shape index (κ2) is 4.31. The Labute approximate surface area is 92.8 Å². The van der Waals surface area contributed by atoms with Crippen molar-refractivity contribution in [1.29, 1.82) is 0 Å². The topological polar surface area (TPSA) is 51.8 Å². The number of aryl methyl sites for hydroxylation is 1. The lowest BCUT2D eigenvalue weighted by Gasteiger charge is -2.04. The van der Waals surface area contributed by atoms with E-state index in [9.17, 15) is 0 Å². The number of hydrogen-bond donors (Lipinski definition) is 1. The summed E-state index contributed by atoms with van der Waals surface area (Å²) in [5, 5.41) is 0.742. The Morgan fingerprint density at radius 3 is 2.67 bits per heavy atom. The molecule has 2 N–H and O–H groups in total. The first-order valence-electron chi connectivity index (χ1n) is 4.57. The minimum absolute atomic E-state index is 0.742. The van der Waals surface area contributed by atoms with Crippen LogP contribution in [-0.4, -0.2) is 9.97 Å². The summed E-state index contributed by atoms with van der Waals surface area (Å²) in [5.41, 5.74) is 7.67. The molecule has 0 aliphatic rings. The summed E-state index contributed by atoms with van der Waals surface area (Å²) in [6, 6.07) is 7.64. The van der Waals surface area contributed by atoms with Crippen molar-refractivity contribution in [1.82, 2.24) is 9.97 Å². The number of nitrogens with zero attached hydrogens (tertiary/aromatic N) is 2. The van der Waals surface area contributed by atoms with Gasteiger partial charge in [0.1, 0.15) is 0 Å². The van der Waals surface area contributed by atoms with Crippen LogP contribution in [0.1, 0.15) is 5.56 Å². The molecule has 0 saturated heterocycles. The maximum absolute atomic E-state index is 5.73. The largest absolute Gasteiger partial charge is 0.399 e. The molecule has 0 bridgehead atoms. The van der Waals surface area contributed by atoms with E-state index < -0.39 is 0 Å². The fourth-order valence-electron chi connectivity index (χ4n) is 1.16. The summed E-state index contributed by atoms with van der Waals surface area (Å²) >= 11 is 1.53. The Morgan fingerprint density at radius 1 is 1.20 bits per heavy atom. The number of nitrogens with two attached hydrogens (primary N) is 1. The molecule has 1 aromatic heterocycles. The highest BCUT2D eigenvalue weighted by molar-refractivity contribution is 7.99. The average Bonchev–Trinajstić information content (AvgIpc) is 2.25. The summed E-state index contributed by atoms with van der Waals surface area (Å²) < 4.78 is 0. The van der Waals surface area contributed by atoms with Gasteiger partial charge < -0.3 is 5.73 Å². The Hall–Kier alpha value is -1.55. The third kappa shape index (κ3) is 2.47. The van der Waals surface area contributed by atoms with Crippen LogP contribution in [0.3, 0.4) is 0 Å². The zero-order chi connectivity index (χ0) is 10.7. The Balaban J connectivity index is 2.28. The number of benzene rings is 1. The molecule has 76 valence electrons. The van der Waals surface area contributed by atoms with Crippen molar-refractivity contribution in [2.24, 2.45) is 0 Å². The molecule has 1 aromatic carbocycles. The van der Waals surface area contributed by atoms with Crippen molar-refractivity contribution < 1.29 is 0 Å². The van der Waals surface area contributed by atoms with Crippen molar-refractivity contribution in [2.75, 3.05) is 5.73 Å². The Bertz CT molecular complexity index is 457. The van der Waals surface area contributed by atoms with E-state index in [0.29, 0.717) is 0 Å². The van der Waals surface area contributed by atoms with Gasteiger partial charge in [0.15, 0.2) is 5.16 Å². The van der Waals surface area contributed by atoms with Crippen molar-refractivity contribution in [3.05, 3.63) is 42.2 Å². The van der Waals surface area contributed by atoms with Crippen LogP contribution in [0.2, 0.25) is 0 Å². The number of nitrogen functional groups attached to an aromatic ring is 1. The smallest absolute Gasteiger partial charge is 0.192 e. The highest BCUT2D eigenvalue weighted by Gasteiger charge is 2.03. The molecular formula is C11H11N3S. The fraction of sp³-hybridized carbons (Fsp3) is 0.0909. The highest BCUT2D eigenvalue weighted by atomic mass is 32.2. The van der Waals surface area contributed by atoms with Gasteiger partial charge in [-0.2, -0.15) is 0 Å². The Kier molecular flexibility index (Phi) is 2.87. The maximum atomic E-state index is 5.73. The first-order chi connectivity index (χ1) is 7.25. The van der Waals surface area contributed by atoms with E-state index in [2.05, 4.69) is 9.97 Å².